The molecule has 118 valence electrons. The van der Waals surface area contributed by atoms with Gasteiger partial charge in [-0.1, -0.05) is 0 Å². The molecule has 0 bridgehead atoms. The molecule has 2 aliphatic rings. The molecule has 21 heavy (non-hydrogen) atoms. The first kappa shape index (κ1) is 15.5. The number of hydrogen-bond donors (Lipinski definition) is 1. The van der Waals surface area contributed by atoms with Crippen LogP contribution in [0.1, 0.15) is 34.6 Å². The van der Waals surface area contributed by atoms with Crippen LogP contribution in [0.2, 0.25) is 0 Å². The average Bonchev–Trinajstić information content (AvgIpc) is 3.08. The Morgan fingerprint density at radius 2 is 2.14 bits per heavy atom. The third-order valence-electron chi connectivity index (χ3n) is 4.47. The van der Waals surface area contributed by atoms with E-state index < -0.39 is 9.84 Å². The van der Waals surface area contributed by atoms with E-state index in [1.165, 1.54) is 28.2 Å². The molecule has 2 fully saturated rings. The molecule has 2 heterocycles. The molecular weight excluding hydrogens is 304 g/mol. The van der Waals surface area contributed by atoms with Crippen LogP contribution in [-0.2, 0) is 22.9 Å². The van der Waals surface area contributed by atoms with Gasteiger partial charge in [0, 0.05) is 34.9 Å². The van der Waals surface area contributed by atoms with Crippen molar-refractivity contribution in [2.75, 3.05) is 18.6 Å². The van der Waals surface area contributed by atoms with Gasteiger partial charge in [0.15, 0.2) is 9.84 Å². The van der Waals surface area contributed by atoms with Crippen molar-refractivity contribution in [2.45, 2.75) is 51.4 Å². The molecule has 1 aliphatic heterocycles. The van der Waals surface area contributed by atoms with E-state index >= 15 is 0 Å². The highest BCUT2D eigenvalue weighted by Gasteiger charge is 2.30. The fourth-order valence-corrected chi connectivity index (χ4v) is 5.69. The molecule has 0 aromatic carbocycles. The average molecular weight is 329 g/mol. The molecule has 1 saturated carbocycles. The Morgan fingerprint density at radius 1 is 1.38 bits per heavy atom. The zero-order valence-corrected chi connectivity index (χ0v) is 14.4. The minimum atomic E-state index is -2.80. The summed E-state index contributed by atoms with van der Waals surface area (Å²) in [6.07, 6.45) is 3.41. The lowest BCUT2D eigenvalue weighted by Gasteiger charge is -2.22. The summed E-state index contributed by atoms with van der Waals surface area (Å²) >= 11 is 1.86. The highest BCUT2D eigenvalue weighted by Crippen LogP contribution is 2.26. The van der Waals surface area contributed by atoms with E-state index in [1.807, 2.05) is 18.4 Å². The number of nitrogens with one attached hydrogen (secondary N) is 1. The number of thiophene rings is 1. The van der Waals surface area contributed by atoms with Crippen LogP contribution in [0.5, 0.6) is 0 Å². The maximum Gasteiger partial charge on any atom is 0.151 e. The minimum absolute atomic E-state index is 0.183. The zero-order chi connectivity index (χ0) is 15.0. The maximum atomic E-state index is 11.6. The molecule has 0 spiro atoms. The third kappa shape index (κ3) is 4.06. The van der Waals surface area contributed by atoms with Gasteiger partial charge in [-0.15, -0.1) is 11.3 Å². The van der Waals surface area contributed by atoms with Crippen molar-refractivity contribution >= 4 is 21.2 Å². The van der Waals surface area contributed by atoms with Crippen molar-refractivity contribution in [2.24, 2.45) is 0 Å². The molecule has 1 aliphatic carbocycles. The second kappa shape index (κ2) is 5.99. The molecule has 3 rings (SSSR count). The van der Waals surface area contributed by atoms with Crippen LogP contribution in [0, 0.1) is 6.92 Å². The van der Waals surface area contributed by atoms with Gasteiger partial charge in [-0.05, 0) is 44.9 Å². The van der Waals surface area contributed by atoms with Crippen molar-refractivity contribution in [3.8, 4) is 0 Å². The third-order valence-corrected chi connectivity index (χ3v) is 7.31. The van der Waals surface area contributed by atoms with E-state index in [-0.39, 0.29) is 6.04 Å². The Balaban J connectivity index is 1.58. The molecule has 1 atom stereocenters. The molecule has 1 unspecified atom stereocenters. The van der Waals surface area contributed by atoms with Crippen LogP contribution in [-0.4, -0.2) is 44.0 Å². The van der Waals surface area contributed by atoms with Gasteiger partial charge in [0.2, 0.25) is 0 Å². The standard InChI is InChI=1S/C15H24N2O2S2/c1-11-12(7-15(20-11)8-16-13-3-4-13)9-17(2)14-5-6-21(18,19)10-14/h7,13-14,16H,3-6,8-10H2,1-2H3. The molecular formula is C15H24N2O2S2. The number of nitrogens with zero attached hydrogens (tertiary/aromatic N) is 1. The summed E-state index contributed by atoms with van der Waals surface area (Å²) < 4.78 is 23.2. The van der Waals surface area contributed by atoms with E-state index in [4.69, 9.17) is 0 Å². The Hall–Kier alpha value is -0.430. The Labute approximate surface area is 131 Å². The molecule has 1 N–H and O–H groups in total. The van der Waals surface area contributed by atoms with Crippen molar-refractivity contribution in [3.63, 3.8) is 0 Å². The lowest BCUT2D eigenvalue weighted by atomic mass is 10.2. The fourth-order valence-electron chi connectivity index (χ4n) is 2.88. The summed E-state index contributed by atoms with van der Waals surface area (Å²) in [5.74, 6) is 0.671. The van der Waals surface area contributed by atoms with Gasteiger partial charge in [-0.2, -0.15) is 0 Å². The molecule has 0 radical (unpaired) electrons. The van der Waals surface area contributed by atoms with E-state index in [0.717, 1.165) is 25.6 Å². The molecule has 1 saturated heterocycles. The van der Waals surface area contributed by atoms with Gasteiger partial charge < -0.3 is 5.32 Å². The van der Waals surface area contributed by atoms with E-state index in [1.54, 1.807) is 0 Å². The van der Waals surface area contributed by atoms with E-state index in [0.29, 0.717) is 11.5 Å². The molecule has 1 aromatic heterocycles. The lowest BCUT2D eigenvalue weighted by molar-refractivity contribution is 0.254. The summed E-state index contributed by atoms with van der Waals surface area (Å²) in [6.45, 7) is 3.99. The predicted octanol–water partition coefficient (Wildman–Crippen LogP) is 1.93. The first-order valence-corrected chi connectivity index (χ1v) is 10.3. The van der Waals surface area contributed by atoms with Gasteiger partial charge >= 0.3 is 0 Å². The van der Waals surface area contributed by atoms with Crippen LogP contribution in [0.4, 0.5) is 0 Å². The molecule has 6 heteroatoms. The van der Waals surface area contributed by atoms with Crippen molar-refractivity contribution < 1.29 is 8.42 Å². The second-order valence-corrected chi connectivity index (χ2v) is 9.99. The Bertz CT molecular complexity index is 605. The van der Waals surface area contributed by atoms with Crippen molar-refractivity contribution in [1.29, 1.82) is 0 Å². The SMILES string of the molecule is Cc1sc(CNC2CC2)cc1CN(C)C1CCS(=O)(=O)C1. The van der Waals surface area contributed by atoms with E-state index in [2.05, 4.69) is 23.2 Å². The zero-order valence-electron chi connectivity index (χ0n) is 12.8. The number of aryl methyl sites for hydroxylation is 1. The first-order valence-electron chi connectivity index (χ1n) is 7.65. The summed E-state index contributed by atoms with van der Waals surface area (Å²) in [5.41, 5.74) is 1.35. The summed E-state index contributed by atoms with van der Waals surface area (Å²) in [4.78, 5) is 4.95. The maximum absolute atomic E-state index is 11.6. The van der Waals surface area contributed by atoms with Crippen LogP contribution in [0.25, 0.3) is 0 Å². The summed E-state index contributed by atoms with van der Waals surface area (Å²) in [5, 5.41) is 3.55. The van der Waals surface area contributed by atoms with Crippen LogP contribution < -0.4 is 5.32 Å². The van der Waals surface area contributed by atoms with Crippen molar-refractivity contribution in [1.82, 2.24) is 10.2 Å². The monoisotopic (exact) mass is 328 g/mol. The largest absolute Gasteiger partial charge is 0.309 e. The number of sulfone groups is 1. The van der Waals surface area contributed by atoms with Gasteiger partial charge in [0.25, 0.3) is 0 Å². The Morgan fingerprint density at radius 3 is 2.76 bits per heavy atom. The van der Waals surface area contributed by atoms with Gasteiger partial charge in [-0.3, -0.25) is 4.90 Å². The molecule has 0 amide bonds. The molecule has 4 nitrogen and oxygen atoms in total. The Kier molecular flexibility index (Phi) is 4.41. The predicted molar refractivity (Wildman–Crippen MR) is 87.4 cm³/mol. The van der Waals surface area contributed by atoms with Gasteiger partial charge in [0.05, 0.1) is 11.5 Å². The number of rotatable bonds is 6. The summed E-state index contributed by atoms with van der Waals surface area (Å²) in [6, 6.07) is 3.21. The minimum Gasteiger partial charge on any atom is -0.309 e. The highest BCUT2D eigenvalue weighted by atomic mass is 32.2. The van der Waals surface area contributed by atoms with Crippen LogP contribution in [0.15, 0.2) is 6.07 Å². The quantitative estimate of drug-likeness (QED) is 0.867. The van der Waals surface area contributed by atoms with Gasteiger partial charge in [-0.25, -0.2) is 8.42 Å². The second-order valence-electron chi connectivity index (χ2n) is 6.42. The van der Waals surface area contributed by atoms with Gasteiger partial charge in [0.1, 0.15) is 0 Å². The number of hydrogen-bond acceptors (Lipinski definition) is 5. The first-order chi connectivity index (χ1) is 9.93. The fraction of sp³-hybridized carbons (Fsp3) is 0.733. The van der Waals surface area contributed by atoms with Crippen molar-refractivity contribution in [3.05, 3.63) is 21.4 Å². The molecule has 1 aromatic rings. The van der Waals surface area contributed by atoms with E-state index in [9.17, 15) is 8.42 Å². The van der Waals surface area contributed by atoms with Crippen LogP contribution >= 0.6 is 11.3 Å². The summed E-state index contributed by atoms with van der Waals surface area (Å²) in [7, 11) is -0.752. The highest BCUT2D eigenvalue weighted by molar-refractivity contribution is 7.91. The topological polar surface area (TPSA) is 49.4 Å². The smallest absolute Gasteiger partial charge is 0.151 e. The lowest BCUT2D eigenvalue weighted by Crippen LogP contribution is -2.32. The van der Waals surface area contributed by atoms with Crippen LogP contribution in [0.3, 0.4) is 0 Å². The normalized spacial score (nSPS) is 24.8.